The van der Waals surface area contributed by atoms with Crippen molar-refractivity contribution in [3.8, 4) is 0 Å². The van der Waals surface area contributed by atoms with Crippen LogP contribution in [-0.2, 0) is 6.42 Å². The third kappa shape index (κ3) is 5.46. The number of nitrogens with one attached hydrogen (secondary N) is 1. The van der Waals surface area contributed by atoms with E-state index in [1.165, 1.54) is 6.07 Å². The molecule has 0 aliphatic carbocycles. The molecular formula is C14H22BrFN2. The van der Waals surface area contributed by atoms with Crippen LogP contribution in [-0.4, -0.2) is 38.1 Å². The van der Waals surface area contributed by atoms with Gasteiger partial charge >= 0.3 is 0 Å². The van der Waals surface area contributed by atoms with Gasteiger partial charge in [-0.05, 0) is 63.8 Å². The van der Waals surface area contributed by atoms with E-state index in [0.29, 0.717) is 6.04 Å². The number of nitrogens with zero attached hydrogens (tertiary/aromatic N) is 1. The van der Waals surface area contributed by atoms with Crippen molar-refractivity contribution in [2.75, 3.05) is 27.2 Å². The van der Waals surface area contributed by atoms with Gasteiger partial charge in [-0.1, -0.05) is 22.9 Å². The van der Waals surface area contributed by atoms with Crippen molar-refractivity contribution in [2.45, 2.75) is 25.8 Å². The Balaban J connectivity index is 2.66. The summed E-state index contributed by atoms with van der Waals surface area (Å²) in [6, 6.07) is 5.45. The van der Waals surface area contributed by atoms with Gasteiger partial charge in [-0.2, -0.15) is 0 Å². The summed E-state index contributed by atoms with van der Waals surface area (Å²) in [6.45, 7) is 4.00. The second-order valence-electron chi connectivity index (χ2n) is 4.79. The summed E-state index contributed by atoms with van der Waals surface area (Å²) >= 11 is 3.39. The van der Waals surface area contributed by atoms with Crippen LogP contribution in [0.1, 0.15) is 18.9 Å². The van der Waals surface area contributed by atoms with E-state index >= 15 is 0 Å². The lowest BCUT2D eigenvalue weighted by Crippen LogP contribution is -2.34. The van der Waals surface area contributed by atoms with Crippen molar-refractivity contribution < 1.29 is 4.39 Å². The van der Waals surface area contributed by atoms with Gasteiger partial charge in [0.1, 0.15) is 5.82 Å². The maximum absolute atomic E-state index is 13.7. The molecule has 0 amide bonds. The Kier molecular flexibility index (Phi) is 6.82. The summed E-state index contributed by atoms with van der Waals surface area (Å²) in [5, 5.41) is 3.42. The minimum atomic E-state index is -0.119. The van der Waals surface area contributed by atoms with Crippen LogP contribution in [0.3, 0.4) is 0 Å². The molecule has 1 aromatic carbocycles. The summed E-state index contributed by atoms with van der Waals surface area (Å²) in [7, 11) is 4.12. The van der Waals surface area contributed by atoms with Gasteiger partial charge in [0.05, 0.1) is 0 Å². The molecule has 0 aliphatic heterocycles. The maximum atomic E-state index is 13.7. The predicted octanol–water partition coefficient (Wildman–Crippen LogP) is 3.06. The number of hydrogen-bond donors (Lipinski definition) is 1. The first-order valence-corrected chi connectivity index (χ1v) is 7.14. The van der Waals surface area contributed by atoms with Crippen LogP contribution in [0.5, 0.6) is 0 Å². The third-order valence-corrected chi connectivity index (χ3v) is 3.38. The van der Waals surface area contributed by atoms with Gasteiger partial charge in [0, 0.05) is 10.5 Å². The Labute approximate surface area is 118 Å². The molecule has 0 spiro atoms. The molecule has 4 heteroatoms. The molecule has 0 radical (unpaired) electrons. The minimum absolute atomic E-state index is 0.119. The molecule has 1 aromatic rings. The molecule has 0 aromatic heterocycles. The Bertz CT molecular complexity index is 369. The van der Waals surface area contributed by atoms with Crippen LogP contribution >= 0.6 is 15.9 Å². The van der Waals surface area contributed by atoms with E-state index in [1.807, 2.05) is 6.07 Å². The summed E-state index contributed by atoms with van der Waals surface area (Å²) in [4.78, 5) is 2.15. The summed E-state index contributed by atoms with van der Waals surface area (Å²) < 4.78 is 14.6. The zero-order chi connectivity index (χ0) is 13.5. The fourth-order valence-corrected chi connectivity index (χ4v) is 2.35. The molecular weight excluding hydrogens is 295 g/mol. The number of rotatable bonds is 7. The highest BCUT2D eigenvalue weighted by Gasteiger charge is 2.12. The lowest BCUT2D eigenvalue weighted by molar-refractivity contribution is 0.357. The molecule has 18 heavy (non-hydrogen) atoms. The molecule has 1 N–H and O–H groups in total. The van der Waals surface area contributed by atoms with Crippen LogP contribution in [0.4, 0.5) is 4.39 Å². The van der Waals surface area contributed by atoms with Crippen molar-refractivity contribution in [3.05, 3.63) is 34.1 Å². The van der Waals surface area contributed by atoms with Gasteiger partial charge in [0.15, 0.2) is 0 Å². The summed E-state index contributed by atoms with van der Waals surface area (Å²) in [6.07, 6.45) is 1.75. The van der Waals surface area contributed by atoms with E-state index in [4.69, 9.17) is 0 Å². The third-order valence-electron chi connectivity index (χ3n) is 2.89. The van der Waals surface area contributed by atoms with Crippen molar-refractivity contribution >= 4 is 15.9 Å². The second kappa shape index (κ2) is 7.87. The standard InChI is InChI=1S/C14H22BrFN2/c1-4-17-13(7-8-18(2)3)10-11-9-12(15)5-6-14(11)16/h5-6,9,13,17H,4,7-8,10H2,1-3H3. The minimum Gasteiger partial charge on any atom is -0.314 e. The van der Waals surface area contributed by atoms with Crippen LogP contribution < -0.4 is 5.32 Å². The molecule has 0 saturated carbocycles. The number of benzene rings is 1. The first kappa shape index (κ1) is 15.6. The first-order valence-electron chi connectivity index (χ1n) is 6.35. The topological polar surface area (TPSA) is 15.3 Å². The average Bonchev–Trinajstić information content (AvgIpc) is 2.31. The monoisotopic (exact) mass is 316 g/mol. The van der Waals surface area contributed by atoms with Gasteiger partial charge in [0.25, 0.3) is 0 Å². The Morgan fingerprint density at radius 2 is 2.11 bits per heavy atom. The molecule has 1 rings (SSSR count). The number of hydrogen-bond acceptors (Lipinski definition) is 2. The fourth-order valence-electron chi connectivity index (χ4n) is 1.94. The Morgan fingerprint density at radius 1 is 1.39 bits per heavy atom. The largest absolute Gasteiger partial charge is 0.314 e. The predicted molar refractivity (Wildman–Crippen MR) is 78.4 cm³/mol. The summed E-state index contributed by atoms with van der Waals surface area (Å²) in [5.41, 5.74) is 0.772. The molecule has 0 heterocycles. The van der Waals surface area contributed by atoms with Gasteiger partial charge in [0.2, 0.25) is 0 Å². The molecule has 2 nitrogen and oxygen atoms in total. The zero-order valence-corrected chi connectivity index (χ0v) is 12.9. The molecule has 102 valence electrons. The van der Waals surface area contributed by atoms with Gasteiger partial charge in [-0.25, -0.2) is 4.39 Å². The van der Waals surface area contributed by atoms with Crippen LogP contribution in [0.2, 0.25) is 0 Å². The summed E-state index contributed by atoms with van der Waals surface area (Å²) in [5.74, 6) is -0.119. The van der Waals surface area contributed by atoms with Crippen LogP contribution in [0.15, 0.2) is 22.7 Å². The number of likely N-dealkylation sites (N-methyl/N-ethyl adjacent to an activating group) is 1. The van der Waals surface area contributed by atoms with E-state index in [2.05, 4.69) is 47.2 Å². The first-order chi connectivity index (χ1) is 8.52. The SMILES string of the molecule is CCNC(CCN(C)C)Cc1cc(Br)ccc1F. The van der Waals surface area contributed by atoms with Crippen molar-refractivity contribution in [1.82, 2.24) is 10.2 Å². The quantitative estimate of drug-likeness (QED) is 0.831. The van der Waals surface area contributed by atoms with E-state index in [0.717, 1.165) is 36.0 Å². The number of halogens is 2. The van der Waals surface area contributed by atoms with Crippen LogP contribution in [0, 0.1) is 5.82 Å². The molecule has 0 bridgehead atoms. The van der Waals surface area contributed by atoms with Crippen molar-refractivity contribution in [2.24, 2.45) is 0 Å². The van der Waals surface area contributed by atoms with Gasteiger partial charge in [-0.15, -0.1) is 0 Å². The molecule has 0 saturated heterocycles. The normalized spacial score (nSPS) is 13.0. The second-order valence-corrected chi connectivity index (χ2v) is 5.70. The fraction of sp³-hybridized carbons (Fsp3) is 0.571. The highest BCUT2D eigenvalue weighted by Crippen LogP contribution is 2.17. The van der Waals surface area contributed by atoms with Crippen molar-refractivity contribution in [1.29, 1.82) is 0 Å². The van der Waals surface area contributed by atoms with E-state index in [-0.39, 0.29) is 5.82 Å². The molecule has 1 unspecified atom stereocenters. The smallest absolute Gasteiger partial charge is 0.126 e. The highest BCUT2D eigenvalue weighted by molar-refractivity contribution is 9.10. The van der Waals surface area contributed by atoms with E-state index in [9.17, 15) is 4.39 Å². The zero-order valence-electron chi connectivity index (χ0n) is 11.3. The molecule has 0 aliphatic rings. The van der Waals surface area contributed by atoms with Gasteiger partial charge < -0.3 is 10.2 Å². The van der Waals surface area contributed by atoms with Crippen molar-refractivity contribution in [3.63, 3.8) is 0 Å². The average molecular weight is 317 g/mol. The van der Waals surface area contributed by atoms with E-state index < -0.39 is 0 Å². The highest BCUT2D eigenvalue weighted by atomic mass is 79.9. The maximum Gasteiger partial charge on any atom is 0.126 e. The molecule has 1 atom stereocenters. The molecule has 0 fully saturated rings. The van der Waals surface area contributed by atoms with Crippen LogP contribution in [0.25, 0.3) is 0 Å². The Hall–Kier alpha value is -0.450. The van der Waals surface area contributed by atoms with Gasteiger partial charge in [-0.3, -0.25) is 0 Å². The lowest BCUT2D eigenvalue weighted by Gasteiger charge is -2.20. The lowest BCUT2D eigenvalue weighted by atomic mass is 10.0. The Morgan fingerprint density at radius 3 is 2.72 bits per heavy atom. The van der Waals surface area contributed by atoms with E-state index in [1.54, 1.807) is 6.07 Å².